The standard InChI is InChI=1S/C17H19ClN4O4/c1-4-11(2)26-17-14(18)7-12(8-15(17)25-3)9-20-21-16-6-5-13(10-19-16)22(23)24/h5-11H,4H2,1-3H3,(H,19,21)/b20-9+/t11-/m0/s1. The highest BCUT2D eigenvalue weighted by molar-refractivity contribution is 6.32. The van der Waals surface area contributed by atoms with Gasteiger partial charge in [0.25, 0.3) is 5.69 Å². The van der Waals surface area contributed by atoms with Crippen LogP contribution in [-0.2, 0) is 0 Å². The number of benzene rings is 1. The van der Waals surface area contributed by atoms with Gasteiger partial charge in [-0.1, -0.05) is 18.5 Å². The molecule has 0 amide bonds. The average Bonchev–Trinajstić information content (AvgIpc) is 2.63. The molecule has 0 saturated carbocycles. The molecule has 2 rings (SSSR count). The van der Waals surface area contributed by atoms with Crippen molar-refractivity contribution in [2.45, 2.75) is 26.4 Å². The number of nitrogens with one attached hydrogen (secondary N) is 1. The number of nitrogens with zero attached hydrogens (tertiary/aromatic N) is 3. The number of hydrogen-bond donors (Lipinski definition) is 1. The minimum absolute atomic E-state index is 0.01000. The summed E-state index contributed by atoms with van der Waals surface area (Å²) in [5, 5.41) is 15.1. The van der Waals surface area contributed by atoms with E-state index < -0.39 is 4.92 Å². The summed E-state index contributed by atoms with van der Waals surface area (Å²) < 4.78 is 11.1. The monoisotopic (exact) mass is 378 g/mol. The van der Waals surface area contributed by atoms with Gasteiger partial charge in [-0.25, -0.2) is 4.98 Å². The summed E-state index contributed by atoms with van der Waals surface area (Å²) in [7, 11) is 1.54. The number of ether oxygens (including phenoxy) is 2. The Morgan fingerprint density at radius 1 is 1.46 bits per heavy atom. The van der Waals surface area contributed by atoms with Gasteiger partial charge >= 0.3 is 0 Å². The third-order valence-electron chi connectivity index (χ3n) is 3.50. The minimum Gasteiger partial charge on any atom is -0.493 e. The molecule has 0 aliphatic heterocycles. The van der Waals surface area contributed by atoms with Gasteiger partial charge in [-0.3, -0.25) is 15.5 Å². The fourth-order valence-electron chi connectivity index (χ4n) is 1.95. The lowest BCUT2D eigenvalue weighted by atomic mass is 10.2. The van der Waals surface area contributed by atoms with Crippen molar-refractivity contribution in [3.8, 4) is 11.5 Å². The molecule has 1 atom stereocenters. The zero-order valence-electron chi connectivity index (χ0n) is 14.6. The van der Waals surface area contributed by atoms with E-state index in [-0.39, 0.29) is 11.8 Å². The highest BCUT2D eigenvalue weighted by Crippen LogP contribution is 2.37. The van der Waals surface area contributed by atoms with Crippen molar-refractivity contribution < 1.29 is 14.4 Å². The van der Waals surface area contributed by atoms with Crippen LogP contribution in [0.4, 0.5) is 11.5 Å². The van der Waals surface area contributed by atoms with E-state index in [0.717, 1.165) is 12.6 Å². The van der Waals surface area contributed by atoms with Gasteiger partial charge in [0.2, 0.25) is 0 Å². The van der Waals surface area contributed by atoms with Crippen LogP contribution in [0.5, 0.6) is 11.5 Å². The van der Waals surface area contributed by atoms with E-state index in [4.69, 9.17) is 21.1 Å². The Bertz CT molecular complexity index is 796. The van der Waals surface area contributed by atoms with Crippen LogP contribution in [0.25, 0.3) is 0 Å². The number of halogens is 1. The van der Waals surface area contributed by atoms with Crippen LogP contribution in [0.2, 0.25) is 5.02 Å². The summed E-state index contributed by atoms with van der Waals surface area (Å²) in [5.74, 6) is 1.38. The molecule has 1 aromatic carbocycles. The van der Waals surface area contributed by atoms with Crippen molar-refractivity contribution >= 4 is 29.3 Å². The van der Waals surface area contributed by atoms with E-state index in [1.807, 2.05) is 13.8 Å². The molecular weight excluding hydrogens is 360 g/mol. The molecule has 0 spiro atoms. The number of methoxy groups -OCH3 is 1. The van der Waals surface area contributed by atoms with Crippen LogP contribution in [-0.4, -0.2) is 29.3 Å². The highest BCUT2D eigenvalue weighted by Gasteiger charge is 2.14. The van der Waals surface area contributed by atoms with Gasteiger partial charge in [0.05, 0.1) is 29.4 Å². The van der Waals surface area contributed by atoms with Crippen molar-refractivity contribution in [2.75, 3.05) is 12.5 Å². The van der Waals surface area contributed by atoms with Gasteiger partial charge in [-0.05, 0) is 37.1 Å². The second-order valence-corrected chi connectivity index (χ2v) is 5.81. The SMILES string of the molecule is CC[C@H](C)Oc1c(Cl)cc(/C=N/Nc2ccc([N+](=O)[O-])cn2)cc1OC. The smallest absolute Gasteiger partial charge is 0.287 e. The first-order valence-corrected chi connectivity index (χ1v) is 8.26. The molecule has 1 N–H and O–H groups in total. The number of anilines is 1. The first-order valence-electron chi connectivity index (χ1n) is 7.88. The van der Waals surface area contributed by atoms with Crippen LogP contribution < -0.4 is 14.9 Å². The van der Waals surface area contributed by atoms with Gasteiger partial charge < -0.3 is 9.47 Å². The number of hydrogen-bond acceptors (Lipinski definition) is 7. The molecule has 0 fully saturated rings. The molecule has 0 saturated heterocycles. The lowest BCUT2D eigenvalue weighted by molar-refractivity contribution is -0.385. The second-order valence-electron chi connectivity index (χ2n) is 5.40. The van der Waals surface area contributed by atoms with Crippen LogP contribution in [0, 0.1) is 10.1 Å². The number of rotatable bonds is 8. The van der Waals surface area contributed by atoms with Crippen molar-refractivity contribution in [3.63, 3.8) is 0 Å². The van der Waals surface area contributed by atoms with E-state index in [1.165, 1.54) is 25.5 Å². The Hall–Kier alpha value is -2.87. The predicted octanol–water partition coefficient (Wildman–Crippen LogP) is 4.28. The van der Waals surface area contributed by atoms with E-state index in [2.05, 4.69) is 15.5 Å². The summed E-state index contributed by atoms with van der Waals surface area (Å²) in [6, 6.07) is 6.26. The van der Waals surface area contributed by atoms with Crippen molar-refractivity contribution in [1.82, 2.24) is 4.98 Å². The van der Waals surface area contributed by atoms with Crippen LogP contribution in [0.15, 0.2) is 35.6 Å². The first kappa shape index (κ1) is 19.5. The molecule has 1 heterocycles. The summed E-state index contributed by atoms with van der Waals surface area (Å²) in [5.41, 5.74) is 3.30. The maximum atomic E-state index is 10.6. The van der Waals surface area contributed by atoms with Crippen LogP contribution >= 0.6 is 11.6 Å². The fraction of sp³-hybridized carbons (Fsp3) is 0.294. The lowest BCUT2D eigenvalue weighted by Gasteiger charge is -2.17. The maximum absolute atomic E-state index is 10.6. The Labute approximate surface area is 155 Å². The molecule has 0 aliphatic rings. The third kappa shape index (κ3) is 5.06. The van der Waals surface area contributed by atoms with E-state index in [9.17, 15) is 10.1 Å². The predicted molar refractivity (Wildman–Crippen MR) is 100 cm³/mol. The van der Waals surface area contributed by atoms with Crippen LogP contribution in [0.1, 0.15) is 25.8 Å². The largest absolute Gasteiger partial charge is 0.493 e. The quantitative estimate of drug-likeness (QED) is 0.418. The summed E-state index contributed by atoms with van der Waals surface area (Å²) in [6.07, 6.45) is 3.54. The zero-order chi connectivity index (χ0) is 19.1. The molecule has 0 aliphatic carbocycles. The number of aromatic nitrogens is 1. The molecule has 2 aromatic rings. The van der Waals surface area contributed by atoms with Gasteiger partial charge in [-0.15, -0.1) is 0 Å². The Morgan fingerprint density at radius 3 is 2.81 bits per heavy atom. The first-order chi connectivity index (χ1) is 12.4. The van der Waals surface area contributed by atoms with E-state index in [0.29, 0.717) is 27.9 Å². The van der Waals surface area contributed by atoms with Gasteiger partial charge in [0.1, 0.15) is 12.0 Å². The molecule has 26 heavy (non-hydrogen) atoms. The third-order valence-corrected chi connectivity index (χ3v) is 3.78. The summed E-state index contributed by atoms with van der Waals surface area (Å²) >= 11 is 6.29. The lowest BCUT2D eigenvalue weighted by Crippen LogP contribution is -2.11. The Balaban J connectivity index is 2.12. The summed E-state index contributed by atoms with van der Waals surface area (Å²) in [4.78, 5) is 14.0. The zero-order valence-corrected chi connectivity index (χ0v) is 15.4. The van der Waals surface area contributed by atoms with Crippen LogP contribution in [0.3, 0.4) is 0 Å². The van der Waals surface area contributed by atoms with Gasteiger partial charge in [0.15, 0.2) is 11.5 Å². The van der Waals surface area contributed by atoms with E-state index in [1.54, 1.807) is 12.1 Å². The van der Waals surface area contributed by atoms with Crippen molar-refractivity contribution in [1.29, 1.82) is 0 Å². The highest BCUT2D eigenvalue weighted by atomic mass is 35.5. The molecule has 0 radical (unpaired) electrons. The molecule has 8 nitrogen and oxygen atoms in total. The normalized spacial score (nSPS) is 12.0. The molecule has 9 heteroatoms. The molecular formula is C17H19ClN4O4. The fourth-order valence-corrected chi connectivity index (χ4v) is 2.21. The van der Waals surface area contributed by atoms with Crippen molar-refractivity contribution in [2.24, 2.45) is 5.10 Å². The van der Waals surface area contributed by atoms with Gasteiger partial charge in [0, 0.05) is 6.07 Å². The maximum Gasteiger partial charge on any atom is 0.287 e. The molecule has 0 unspecified atom stereocenters. The van der Waals surface area contributed by atoms with Crippen molar-refractivity contribution in [3.05, 3.63) is 51.2 Å². The number of pyridine rings is 1. The van der Waals surface area contributed by atoms with E-state index >= 15 is 0 Å². The Kier molecular flexibility index (Phi) is 6.74. The number of nitro groups is 1. The summed E-state index contributed by atoms with van der Waals surface area (Å²) in [6.45, 7) is 3.97. The second kappa shape index (κ2) is 9.00. The van der Waals surface area contributed by atoms with Gasteiger partial charge in [-0.2, -0.15) is 5.10 Å². The molecule has 0 bridgehead atoms. The molecule has 1 aromatic heterocycles. The average molecular weight is 379 g/mol. The Morgan fingerprint density at radius 2 is 2.23 bits per heavy atom. The molecule has 138 valence electrons. The minimum atomic E-state index is -0.517. The number of hydrazone groups is 1. The topological polar surface area (TPSA) is 98.9 Å².